The van der Waals surface area contributed by atoms with Gasteiger partial charge in [-0.1, -0.05) is 12.1 Å². The van der Waals surface area contributed by atoms with Crippen LogP contribution in [-0.4, -0.2) is 7.05 Å². The first-order chi connectivity index (χ1) is 9.45. The molecule has 1 unspecified atom stereocenters. The highest BCUT2D eigenvalue weighted by Crippen LogP contribution is 2.32. The van der Waals surface area contributed by atoms with Gasteiger partial charge >= 0.3 is 0 Å². The van der Waals surface area contributed by atoms with E-state index in [-0.39, 0.29) is 15.6 Å². The second-order valence-electron chi connectivity index (χ2n) is 4.49. The summed E-state index contributed by atoms with van der Waals surface area (Å²) in [6.45, 7) is 1.49. The zero-order chi connectivity index (χ0) is 14.9. The van der Waals surface area contributed by atoms with Crippen LogP contribution < -0.4 is 5.32 Å². The van der Waals surface area contributed by atoms with E-state index in [2.05, 4.69) is 21.2 Å². The Labute approximate surface area is 123 Å². The molecule has 0 spiro atoms. The monoisotopic (exact) mass is 343 g/mol. The number of nitrogens with one attached hydrogen (secondary N) is 1. The molecular weight excluding hydrogens is 331 g/mol. The normalized spacial score (nSPS) is 12.5. The Balaban J connectivity index is 2.58. The molecule has 0 bridgehead atoms. The summed E-state index contributed by atoms with van der Waals surface area (Å²) in [5.41, 5.74) is 0.885. The van der Waals surface area contributed by atoms with Gasteiger partial charge < -0.3 is 5.32 Å². The zero-order valence-corrected chi connectivity index (χ0v) is 12.6. The van der Waals surface area contributed by atoms with Gasteiger partial charge in [-0.25, -0.2) is 13.2 Å². The van der Waals surface area contributed by atoms with E-state index in [1.54, 1.807) is 13.1 Å². The van der Waals surface area contributed by atoms with Gasteiger partial charge in [0.05, 0.1) is 10.5 Å². The highest BCUT2D eigenvalue weighted by molar-refractivity contribution is 9.10. The van der Waals surface area contributed by atoms with Crippen LogP contribution in [0.1, 0.15) is 22.7 Å². The third-order valence-electron chi connectivity index (χ3n) is 3.17. The number of rotatable bonds is 3. The fourth-order valence-corrected chi connectivity index (χ4v) is 2.60. The maximum absolute atomic E-state index is 14.1. The molecule has 0 aliphatic rings. The van der Waals surface area contributed by atoms with E-state index in [0.29, 0.717) is 5.56 Å². The summed E-state index contributed by atoms with van der Waals surface area (Å²) >= 11 is 3.15. The van der Waals surface area contributed by atoms with E-state index in [4.69, 9.17) is 0 Å². The maximum atomic E-state index is 14.1. The second-order valence-corrected chi connectivity index (χ2v) is 5.28. The Morgan fingerprint density at radius 1 is 1.00 bits per heavy atom. The molecule has 0 fully saturated rings. The number of hydrogen-bond donors (Lipinski definition) is 1. The van der Waals surface area contributed by atoms with E-state index >= 15 is 0 Å². The molecule has 0 saturated carbocycles. The second kappa shape index (κ2) is 5.97. The standard InChI is InChI=1S/C15H13BrF3N/c1-8-6-13(19)10(7-12(8)18)15(20-2)9-4-3-5-11(17)14(9)16/h3-7,15,20H,1-2H3. The zero-order valence-electron chi connectivity index (χ0n) is 11.0. The van der Waals surface area contributed by atoms with Gasteiger partial charge in [0.1, 0.15) is 17.5 Å². The minimum absolute atomic E-state index is 0.141. The van der Waals surface area contributed by atoms with E-state index < -0.39 is 23.5 Å². The first kappa shape index (κ1) is 15.1. The van der Waals surface area contributed by atoms with Gasteiger partial charge in [0.25, 0.3) is 0 Å². The molecule has 2 aromatic carbocycles. The topological polar surface area (TPSA) is 12.0 Å². The lowest BCUT2D eigenvalue weighted by Crippen LogP contribution is -2.20. The smallest absolute Gasteiger partial charge is 0.137 e. The molecule has 2 rings (SSSR count). The highest BCUT2D eigenvalue weighted by atomic mass is 79.9. The van der Waals surface area contributed by atoms with Crippen molar-refractivity contribution in [1.29, 1.82) is 0 Å². The van der Waals surface area contributed by atoms with Crippen LogP contribution in [0, 0.1) is 24.4 Å². The predicted octanol–water partition coefficient (Wildman–Crippen LogP) is 4.48. The largest absolute Gasteiger partial charge is 0.309 e. The summed E-state index contributed by atoms with van der Waals surface area (Å²) in [4.78, 5) is 0. The third kappa shape index (κ3) is 2.74. The molecule has 106 valence electrons. The molecule has 20 heavy (non-hydrogen) atoms. The lowest BCUT2D eigenvalue weighted by Gasteiger charge is -2.20. The molecule has 0 aliphatic heterocycles. The van der Waals surface area contributed by atoms with Crippen molar-refractivity contribution in [2.45, 2.75) is 13.0 Å². The Kier molecular flexibility index (Phi) is 4.50. The maximum Gasteiger partial charge on any atom is 0.137 e. The van der Waals surface area contributed by atoms with E-state index in [0.717, 1.165) is 12.1 Å². The number of hydrogen-bond acceptors (Lipinski definition) is 1. The van der Waals surface area contributed by atoms with Crippen molar-refractivity contribution in [2.24, 2.45) is 0 Å². The van der Waals surface area contributed by atoms with Crippen LogP contribution in [0.2, 0.25) is 0 Å². The van der Waals surface area contributed by atoms with Gasteiger partial charge in [0.15, 0.2) is 0 Å². The Morgan fingerprint density at radius 3 is 2.35 bits per heavy atom. The van der Waals surface area contributed by atoms with Crippen molar-refractivity contribution in [3.63, 3.8) is 0 Å². The third-order valence-corrected chi connectivity index (χ3v) is 4.01. The average molecular weight is 344 g/mol. The fourth-order valence-electron chi connectivity index (χ4n) is 2.10. The van der Waals surface area contributed by atoms with E-state index in [9.17, 15) is 13.2 Å². The van der Waals surface area contributed by atoms with Crippen molar-refractivity contribution in [3.05, 3.63) is 68.9 Å². The van der Waals surface area contributed by atoms with Crippen LogP contribution in [0.3, 0.4) is 0 Å². The molecule has 0 aliphatic carbocycles. The van der Waals surface area contributed by atoms with E-state index in [1.165, 1.54) is 19.1 Å². The van der Waals surface area contributed by atoms with Crippen LogP contribution in [0.15, 0.2) is 34.8 Å². The molecule has 0 saturated heterocycles. The molecule has 0 aromatic heterocycles. The van der Waals surface area contributed by atoms with Crippen molar-refractivity contribution in [3.8, 4) is 0 Å². The first-order valence-corrected chi connectivity index (χ1v) is 6.81. The Bertz CT molecular complexity index is 643. The van der Waals surface area contributed by atoms with Crippen LogP contribution in [-0.2, 0) is 0 Å². The minimum Gasteiger partial charge on any atom is -0.309 e. The van der Waals surface area contributed by atoms with Gasteiger partial charge in [-0.15, -0.1) is 0 Å². The van der Waals surface area contributed by atoms with Gasteiger partial charge in [-0.05, 0) is 59.2 Å². The SMILES string of the molecule is CNC(c1cc(F)c(C)cc1F)c1cccc(F)c1Br. The van der Waals surface area contributed by atoms with Gasteiger partial charge in [-0.2, -0.15) is 0 Å². The molecule has 1 N–H and O–H groups in total. The molecule has 0 amide bonds. The molecule has 1 atom stereocenters. The Hall–Kier alpha value is -1.33. The minimum atomic E-state index is -0.643. The number of benzene rings is 2. The van der Waals surface area contributed by atoms with Crippen LogP contribution in [0.5, 0.6) is 0 Å². The van der Waals surface area contributed by atoms with Crippen LogP contribution >= 0.6 is 15.9 Å². The van der Waals surface area contributed by atoms with Crippen molar-refractivity contribution < 1.29 is 13.2 Å². The predicted molar refractivity (Wildman–Crippen MR) is 76.1 cm³/mol. The molecule has 1 nitrogen and oxygen atoms in total. The average Bonchev–Trinajstić information content (AvgIpc) is 2.41. The van der Waals surface area contributed by atoms with Gasteiger partial charge in [0, 0.05) is 5.56 Å². The van der Waals surface area contributed by atoms with Gasteiger partial charge in [0.2, 0.25) is 0 Å². The highest BCUT2D eigenvalue weighted by Gasteiger charge is 2.21. The molecule has 5 heteroatoms. The summed E-state index contributed by atoms with van der Waals surface area (Å²) in [6, 6.07) is 6.13. The summed E-state index contributed by atoms with van der Waals surface area (Å²) in [5.74, 6) is -1.47. The number of halogens is 4. The summed E-state index contributed by atoms with van der Waals surface area (Å²) < 4.78 is 41.6. The van der Waals surface area contributed by atoms with Crippen LogP contribution in [0.25, 0.3) is 0 Å². The molecule has 2 aromatic rings. The van der Waals surface area contributed by atoms with E-state index in [1.807, 2.05) is 0 Å². The van der Waals surface area contributed by atoms with Gasteiger partial charge in [-0.3, -0.25) is 0 Å². The Morgan fingerprint density at radius 2 is 1.70 bits per heavy atom. The summed E-state index contributed by atoms with van der Waals surface area (Å²) in [6.07, 6.45) is 0. The lowest BCUT2D eigenvalue weighted by molar-refractivity contribution is 0.550. The number of aryl methyl sites for hydroxylation is 1. The van der Waals surface area contributed by atoms with Crippen molar-refractivity contribution >= 4 is 15.9 Å². The van der Waals surface area contributed by atoms with Crippen molar-refractivity contribution in [1.82, 2.24) is 5.32 Å². The molecule has 0 heterocycles. The van der Waals surface area contributed by atoms with Crippen LogP contribution in [0.4, 0.5) is 13.2 Å². The quantitative estimate of drug-likeness (QED) is 0.866. The first-order valence-electron chi connectivity index (χ1n) is 6.02. The van der Waals surface area contributed by atoms with Crippen molar-refractivity contribution in [2.75, 3.05) is 7.05 Å². The lowest BCUT2D eigenvalue weighted by atomic mass is 9.97. The fraction of sp³-hybridized carbons (Fsp3) is 0.200. The molecular formula is C15H13BrF3N. The molecule has 0 radical (unpaired) electrons. The summed E-state index contributed by atoms with van der Waals surface area (Å²) in [7, 11) is 1.61. The summed E-state index contributed by atoms with van der Waals surface area (Å²) in [5, 5.41) is 2.89.